The first kappa shape index (κ1) is 13.2. The second kappa shape index (κ2) is 6.11. The van der Waals surface area contributed by atoms with Gasteiger partial charge in [0.05, 0.1) is 6.10 Å². The van der Waals surface area contributed by atoms with Crippen LogP contribution in [0.1, 0.15) is 24.8 Å². The van der Waals surface area contributed by atoms with E-state index in [0.717, 1.165) is 25.9 Å². The Labute approximate surface area is 111 Å². The Morgan fingerprint density at radius 1 is 1.50 bits per heavy atom. The summed E-state index contributed by atoms with van der Waals surface area (Å²) in [6.07, 6.45) is 3.36. The molecule has 1 heterocycles. The second-order valence-electron chi connectivity index (χ2n) is 4.31. The van der Waals surface area contributed by atoms with E-state index in [1.807, 2.05) is 0 Å². The fourth-order valence-corrected chi connectivity index (χ4v) is 2.08. The first-order chi connectivity index (χ1) is 8.66. The lowest BCUT2D eigenvalue weighted by atomic mass is 10.1. The van der Waals surface area contributed by atoms with Crippen molar-refractivity contribution >= 4 is 17.2 Å². The Morgan fingerprint density at radius 3 is 2.94 bits per heavy atom. The highest BCUT2D eigenvalue weighted by molar-refractivity contribution is 7.80. The third-order valence-electron chi connectivity index (χ3n) is 2.92. The SMILES string of the molecule is NC(=S)c1ccc(OCC2CCCCO2)cc1F. The normalized spacial score (nSPS) is 19.5. The maximum Gasteiger partial charge on any atom is 0.137 e. The summed E-state index contributed by atoms with van der Waals surface area (Å²) in [6, 6.07) is 4.51. The van der Waals surface area contributed by atoms with Crippen molar-refractivity contribution in [2.75, 3.05) is 13.2 Å². The van der Waals surface area contributed by atoms with E-state index in [-0.39, 0.29) is 16.7 Å². The molecule has 1 fully saturated rings. The Balaban J connectivity index is 1.93. The van der Waals surface area contributed by atoms with E-state index >= 15 is 0 Å². The smallest absolute Gasteiger partial charge is 0.137 e. The fraction of sp³-hybridized carbons (Fsp3) is 0.462. The van der Waals surface area contributed by atoms with Gasteiger partial charge in [-0.1, -0.05) is 12.2 Å². The molecule has 18 heavy (non-hydrogen) atoms. The summed E-state index contributed by atoms with van der Waals surface area (Å²) in [5.41, 5.74) is 5.63. The van der Waals surface area contributed by atoms with E-state index in [2.05, 4.69) is 0 Å². The molecule has 98 valence electrons. The molecule has 0 bridgehead atoms. The molecule has 0 amide bonds. The molecular weight excluding hydrogens is 253 g/mol. The van der Waals surface area contributed by atoms with Gasteiger partial charge in [0, 0.05) is 18.2 Å². The van der Waals surface area contributed by atoms with Gasteiger partial charge in [0.1, 0.15) is 23.2 Å². The third-order valence-corrected chi connectivity index (χ3v) is 3.14. The molecule has 0 spiro atoms. The third kappa shape index (κ3) is 3.40. The van der Waals surface area contributed by atoms with Gasteiger partial charge in [0.15, 0.2) is 0 Å². The quantitative estimate of drug-likeness (QED) is 0.853. The summed E-state index contributed by atoms with van der Waals surface area (Å²) in [7, 11) is 0. The molecule has 0 aromatic heterocycles. The molecule has 1 aromatic carbocycles. The lowest BCUT2D eigenvalue weighted by Gasteiger charge is -2.22. The monoisotopic (exact) mass is 269 g/mol. The van der Waals surface area contributed by atoms with Gasteiger partial charge in [-0.25, -0.2) is 4.39 Å². The highest BCUT2D eigenvalue weighted by Crippen LogP contribution is 2.19. The largest absolute Gasteiger partial charge is 0.491 e. The summed E-state index contributed by atoms with van der Waals surface area (Å²) < 4.78 is 24.6. The minimum atomic E-state index is -0.454. The maximum absolute atomic E-state index is 13.6. The Kier molecular flexibility index (Phi) is 4.49. The van der Waals surface area contributed by atoms with Crippen molar-refractivity contribution in [1.29, 1.82) is 0 Å². The highest BCUT2D eigenvalue weighted by atomic mass is 32.1. The molecule has 1 aliphatic heterocycles. The minimum absolute atomic E-state index is 0.0506. The van der Waals surface area contributed by atoms with Gasteiger partial charge < -0.3 is 15.2 Å². The summed E-state index contributed by atoms with van der Waals surface area (Å²) in [5, 5.41) is 0. The molecule has 2 rings (SSSR count). The topological polar surface area (TPSA) is 44.5 Å². The zero-order valence-corrected chi connectivity index (χ0v) is 10.8. The zero-order valence-electron chi connectivity index (χ0n) is 10.0. The van der Waals surface area contributed by atoms with Crippen LogP contribution in [0, 0.1) is 5.82 Å². The Bertz CT molecular complexity index is 433. The predicted molar refractivity (Wildman–Crippen MR) is 71.4 cm³/mol. The highest BCUT2D eigenvalue weighted by Gasteiger charge is 2.15. The van der Waals surface area contributed by atoms with Gasteiger partial charge in [0.25, 0.3) is 0 Å². The molecule has 1 atom stereocenters. The summed E-state index contributed by atoms with van der Waals surface area (Å²) in [6.45, 7) is 1.23. The summed E-state index contributed by atoms with van der Waals surface area (Å²) >= 11 is 4.74. The van der Waals surface area contributed by atoms with Crippen LogP contribution in [0.15, 0.2) is 18.2 Å². The lowest BCUT2D eigenvalue weighted by Crippen LogP contribution is -2.25. The van der Waals surface area contributed by atoms with Crippen molar-refractivity contribution in [3.8, 4) is 5.75 Å². The van der Waals surface area contributed by atoms with Crippen LogP contribution in [0.3, 0.4) is 0 Å². The fourth-order valence-electron chi connectivity index (χ4n) is 1.91. The molecule has 1 aromatic rings. The van der Waals surface area contributed by atoms with Crippen LogP contribution in [0.5, 0.6) is 5.75 Å². The molecule has 1 aliphatic rings. The van der Waals surface area contributed by atoms with Crippen molar-refractivity contribution in [2.45, 2.75) is 25.4 Å². The predicted octanol–water partition coefficient (Wildman–Crippen LogP) is 2.41. The lowest BCUT2D eigenvalue weighted by molar-refractivity contribution is -0.0111. The Hall–Kier alpha value is -1.20. The van der Waals surface area contributed by atoms with Crippen molar-refractivity contribution in [3.05, 3.63) is 29.6 Å². The van der Waals surface area contributed by atoms with E-state index in [9.17, 15) is 4.39 Å². The van der Waals surface area contributed by atoms with Crippen LogP contribution in [0.4, 0.5) is 4.39 Å². The van der Waals surface area contributed by atoms with Gasteiger partial charge in [0.2, 0.25) is 0 Å². The number of ether oxygens (including phenoxy) is 2. The number of halogens is 1. The first-order valence-electron chi connectivity index (χ1n) is 6.00. The average molecular weight is 269 g/mol. The average Bonchev–Trinajstić information content (AvgIpc) is 2.37. The number of hydrogen-bond donors (Lipinski definition) is 1. The zero-order chi connectivity index (χ0) is 13.0. The Morgan fingerprint density at radius 2 is 2.33 bits per heavy atom. The van der Waals surface area contributed by atoms with Gasteiger partial charge in [-0.05, 0) is 31.4 Å². The first-order valence-corrected chi connectivity index (χ1v) is 6.41. The van der Waals surface area contributed by atoms with Crippen LogP contribution < -0.4 is 10.5 Å². The number of hydrogen-bond acceptors (Lipinski definition) is 3. The van der Waals surface area contributed by atoms with E-state index in [0.29, 0.717) is 12.4 Å². The molecular formula is C13H16FNO2S. The van der Waals surface area contributed by atoms with Gasteiger partial charge >= 0.3 is 0 Å². The van der Waals surface area contributed by atoms with Gasteiger partial charge in [-0.15, -0.1) is 0 Å². The molecule has 1 unspecified atom stereocenters. The minimum Gasteiger partial charge on any atom is -0.491 e. The maximum atomic E-state index is 13.6. The van der Waals surface area contributed by atoms with E-state index < -0.39 is 5.82 Å². The van der Waals surface area contributed by atoms with Crippen LogP contribution in [-0.4, -0.2) is 24.3 Å². The molecule has 0 saturated carbocycles. The molecule has 2 N–H and O–H groups in total. The van der Waals surface area contributed by atoms with Crippen molar-refractivity contribution in [1.82, 2.24) is 0 Å². The molecule has 0 aliphatic carbocycles. The number of nitrogens with two attached hydrogens (primary N) is 1. The van der Waals surface area contributed by atoms with Crippen LogP contribution in [0.2, 0.25) is 0 Å². The van der Waals surface area contributed by atoms with Crippen LogP contribution in [0.25, 0.3) is 0 Å². The number of rotatable bonds is 4. The van der Waals surface area contributed by atoms with Gasteiger partial charge in [-0.2, -0.15) is 0 Å². The van der Waals surface area contributed by atoms with E-state index in [1.165, 1.54) is 12.1 Å². The van der Waals surface area contributed by atoms with Gasteiger partial charge in [-0.3, -0.25) is 0 Å². The van der Waals surface area contributed by atoms with Crippen LogP contribution >= 0.6 is 12.2 Å². The van der Waals surface area contributed by atoms with E-state index in [1.54, 1.807) is 6.07 Å². The van der Waals surface area contributed by atoms with E-state index in [4.69, 9.17) is 27.4 Å². The number of benzene rings is 1. The van der Waals surface area contributed by atoms with Crippen molar-refractivity contribution < 1.29 is 13.9 Å². The molecule has 1 saturated heterocycles. The molecule has 3 nitrogen and oxygen atoms in total. The van der Waals surface area contributed by atoms with Crippen molar-refractivity contribution in [3.63, 3.8) is 0 Å². The van der Waals surface area contributed by atoms with Crippen LogP contribution in [-0.2, 0) is 4.74 Å². The second-order valence-corrected chi connectivity index (χ2v) is 4.75. The summed E-state index contributed by atoms with van der Waals surface area (Å²) in [4.78, 5) is 0.0506. The standard InChI is InChI=1S/C13H16FNO2S/c14-12-7-9(4-5-11(12)13(15)18)17-8-10-3-1-2-6-16-10/h4-5,7,10H,1-3,6,8H2,(H2,15,18). The van der Waals surface area contributed by atoms with Crippen molar-refractivity contribution in [2.24, 2.45) is 5.73 Å². The number of thiocarbonyl (C=S) groups is 1. The molecule has 5 heteroatoms. The summed E-state index contributed by atoms with van der Waals surface area (Å²) in [5.74, 6) is 0.0197. The molecule has 0 radical (unpaired) electrons.